The predicted octanol–water partition coefficient (Wildman–Crippen LogP) is 1.43. The van der Waals surface area contributed by atoms with E-state index in [1.165, 1.54) is 5.56 Å². The van der Waals surface area contributed by atoms with Gasteiger partial charge in [-0.2, -0.15) is 0 Å². The number of hydrogen-bond acceptors (Lipinski definition) is 3. The van der Waals surface area contributed by atoms with Gasteiger partial charge in [-0.05, 0) is 36.9 Å². The van der Waals surface area contributed by atoms with Gasteiger partial charge in [0.2, 0.25) is 0 Å². The van der Waals surface area contributed by atoms with Gasteiger partial charge in [-0.3, -0.25) is 0 Å². The van der Waals surface area contributed by atoms with E-state index in [9.17, 15) is 0 Å². The van der Waals surface area contributed by atoms with E-state index < -0.39 is 0 Å². The zero-order chi connectivity index (χ0) is 11.6. The van der Waals surface area contributed by atoms with Crippen molar-refractivity contribution in [1.82, 2.24) is 5.32 Å². The van der Waals surface area contributed by atoms with Gasteiger partial charge in [0.05, 0.1) is 6.61 Å². The number of benzene rings is 1. The van der Waals surface area contributed by atoms with Crippen molar-refractivity contribution in [1.29, 1.82) is 0 Å². The first-order valence-corrected chi connectivity index (χ1v) is 5.87. The summed E-state index contributed by atoms with van der Waals surface area (Å²) < 4.78 is 0. The van der Waals surface area contributed by atoms with E-state index in [1.54, 1.807) is 0 Å². The summed E-state index contributed by atoms with van der Waals surface area (Å²) in [7, 11) is 0. The molecule has 1 rings (SSSR count). The van der Waals surface area contributed by atoms with Gasteiger partial charge >= 0.3 is 0 Å². The van der Waals surface area contributed by atoms with Gasteiger partial charge in [0.25, 0.3) is 0 Å². The second-order valence-electron chi connectivity index (χ2n) is 3.94. The van der Waals surface area contributed by atoms with Gasteiger partial charge in [-0.15, -0.1) is 0 Å². The average molecular weight is 223 g/mol. The number of aliphatic hydroxyl groups is 2. The summed E-state index contributed by atoms with van der Waals surface area (Å²) in [4.78, 5) is 0. The highest BCUT2D eigenvalue weighted by molar-refractivity contribution is 5.22. The van der Waals surface area contributed by atoms with Crippen molar-refractivity contribution in [2.45, 2.75) is 32.4 Å². The number of unbranched alkanes of at least 4 members (excludes halogenated alkanes) is 2. The summed E-state index contributed by atoms with van der Waals surface area (Å²) >= 11 is 0. The number of hydrogen-bond donors (Lipinski definition) is 3. The van der Waals surface area contributed by atoms with Gasteiger partial charge < -0.3 is 15.5 Å². The number of aliphatic hydroxyl groups excluding tert-OH is 2. The molecule has 0 heterocycles. The molecular formula is C13H21NO2. The first-order valence-electron chi connectivity index (χ1n) is 5.87. The Hall–Kier alpha value is -0.900. The Morgan fingerprint density at radius 3 is 2.56 bits per heavy atom. The maximum absolute atomic E-state index is 8.99. The molecule has 1 aromatic carbocycles. The van der Waals surface area contributed by atoms with Crippen LogP contribution in [0.1, 0.15) is 30.4 Å². The third kappa shape index (κ3) is 5.26. The van der Waals surface area contributed by atoms with Crippen molar-refractivity contribution < 1.29 is 10.2 Å². The molecule has 0 amide bonds. The Balaban J connectivity index is 2.16. The predicted molar refractivity (Wildman–Crippen MR) is 65.0 cm³/mol. The van der Waals surface area contributed by atoms with Crippen LogP contribution in [0.2, 0.25) is 0 Å². The Labute approximate surface area is 97.1 Å². The third-order valence-corrected chi connectivity index (χ3v) is 2.51. The zero-order valence-corrected chi connectivity index (χ0v) is 9.65. The molecule has 16 heavy (non-hydrogen) atoms. The molecule has 0 aliphatic rings. The van der Waals surface area contributed by atoms with Gasteiger partial charge in [0, 0.05) is 13.2 Å². The molecule has 1 aromatic rings. The van der Waals surface area contributed by atoms with Crippen LogP contribution < -0.4 is 5.32 Å². The lowest BCUT2D eigenvalue weighted by atomic mass is 10.1. The summed E-state index contributed by atoms with van der Waals surface area (Å²) in [5.41, 5.74) is 2.16. The lowest BCUT2D eigenvalue weighted by molar-refractivity contribution is 0.281. The molecule has 0 aliphatic heterocycles. The van der Waals surface area contributed by atoms with Crippen LogP contribution in [0.3, 0.4) is 0 Å². The molecule has 3 nitrogen and oxygen atoms in total. The molecule has 3 heteroatoms. The standard InChI is InChI=1S/C13H21NO2/c15-8-3-1-2-7-14-10-12-5-4-6-13(9-12)11-16/h4-6,9,14-16H,1-3,7-8,10-11H2. The van der Waals surface area contributed by atoms with Crippen molar-refractivity contribution in [3.63, 3.8) is 0 Å². The topological polar surface area (TPSA) is 52.5 Å². The van der Waals surface area contributed by atoms with Crippen LogP contribution in [0.5, 0.6) is 0 Å². The van der Waals surface area contributed by atoms with Crippen molar-refractivity contribution in [2.75, 3.05) is 13.2 Å². The molecule has 3 N–H and O–H groups in total. The quantitative estimate of drug-likeness (QED) is 0.584. The number of nitrogens with one attached hydrogen (secondary N) is 1. The Bertz CT molecular complexity index is 289. The minimum absolute atomic E-state index is 0.102. The molecule has 0 aromatic heterocycles. The van der Waals surface area contributed by atoms with Crippen LogP contribution in [0, 0.1) is 0 Å². The van der Waals surface area contributed by atoms with Gasteiger partial charge in [0.1, 0.15) is 0 Å². The summed E-state index contributed by atoms with van der Waals surface area (Å²) in [6, 6.07) is 7.96. The Morgan fingerprint density at radius 1 is 1.00 bits per heavy atom. The summed E-state index contributed by atoms with van der Waals surface area (Å²) in [5, 5.41) is 20.9. The normalized spacial score (nSPS) is 10.6. The first kappa shape index (κ1) is 13.2. The molecule has 0 atom stereocenters. The lowest BCUT2D eigenvalue weighted by Gasteiger charge is -2.05. The fourth-order valence-electron chi connectivity index (χ4n) is 1.61. The average Bonchev–Trinajstić information content (AvgIpc) is 2.34. The Morgan fingerprint density at radius 2 is 1.81 bits per heavy atom. The monoisotopic (exact) mass is 223 g/mol. The molecule has 0 saturated heterocycles. The highest BCUT2D eigenvalue weighted by Gasteiger charge is 1.95. The van der Waals surface area contributed by atoms with Gasteiger partial charge in [0.15, 0.2) is 0 Å². The second kappa shape index (κ2) is 8.28. The fraction of sp³-hybridized carbons (Fsp3) is 0.538. The summed E-state index contributed by atoms with van der Waals surface area (Å²) in [6.07, 6.45) is 3.06. The maximum atomic E-state index is 8.99. The molecule has 0 bridgehead atoms. The van der Waals surface area contributed by atoms with Crippen molar-refractivity contribution >= 4 is 0 Å². The van der Waals surface area contributed by atoms with Crippen LogP contribution in [0.25, 0.3) is 0 Å². The second-order valence-corrected chi connectivity index (χ2v) is 3.94. The molecule has 0 unspecified atom stereocenters. The minimum Gasteiger partial charge on any atom is -0.396 e. The van der Waals surface area contributed by atoms with E-state index in [-0.39, 0.29) is 6.61 Å². The van der Waals surface area contributed by atoms with Gasteiger partial charge in [-0.1, -0.05) is 24.3 Å². The lowest BCUT2D eigenvalue weighted by Crippen LogP contribution is -2.14. The Kier molecular flexibility index (Phi) is 6.81. The van der Waals surface area contributed by atoms with Crippen LogP contribution in [-0.2, 0) is 13.2 Å². The van der Waals surface area contributed by atoms with E-state index >= 15 is 0 Å². The summed E-state index contributed by atoms with van der Waals surface area (Å²) in [6.45, 7) is 2.21. The molecule has 0 spiro atoms. The first-order chi connectivity index (χ1) is 7.86. The molecule has 90 valence electrons. The largest absolute Gasteiger partial charge is 0.396 e. The fourth-order valence-corrected chi connectivity index (χ4v) is 1.61. The molecule has 0 fully saturated rings. The van der Waals surface area contributed by atoms with Gasteiger partial charge in [-0.25, -0.2) is 0 Å². The maximum Gasteiger partial charge on any atom is 0.0681 e. The molecular weight excluding hydrogens is 202 g/mol. The highest BCUT2D eigenvalue weighted by atomic mass is 16.3. The number of rotatable bonds is 8. The highest BCUT2D eigenvalue weighted by Crippen LogP contribution is 2.04. The van der Waals surface area contributed by atoms with E-state index in [1.807, 2.05) is 18.2 Å². The third-order valence-electron chi connectivity index (χ3n) is 2.51. The smallest absolute Gasteiger partial charge is 0.0681 e. The van der Waals surface area contributed by atoms with Crippen LogP contribution in [0.4, 0.5) is 0 Å². The SMILES string of the molecule is OCCCCCNCc1cccc(CO)c1. The van der Waals surface area contributed by atoms with Crippen LogP contribution in [-0.4, -0.2) is 23.4 Å². The summed E-state index contributed by atoms with van der Waals surface area (Å²) in [5.74, 6) is 0. The van der Waals surface area contributed by atoms with Crippen molar-refractivity contribution in [3.05, 3.63) is 35.4 Å². The van der Waals surface area contributed by atoms with Crippen LogP contribution >= 0.6 is 0 Å². The van der Waals surface area contributed by atoms with Crippen molar-refractivity contribution in [2.24, 2.45) is 0 Å². The zero-order valence-electron chi connectivity index (χ0n) is 9.65. The van der Waals surface area contributed by atoms with Crippen molar-refractivity contribution in [3.8, 4) is 0 Å². The van der Waals surface area contributed by atoms with E-state index in [0.717, 1.165) is 37.9 Å². The molecule has 0 radical (unpaired) electrons. The minimum atomic E-state index is 0.102. The van der Waals surface area contributed by atoms with E-state index in [4.69, 9.17) is 10.2 Å². The molecule has 0 saturated carbocycles. The van der Waals surface area contributed by atoms with E-state index in [0.29, 0.717) is 6.61 Å². The van der Waals surface area contributed by atoms with Crippen LogP contribution in [0.15, 0.2) is 24.3 Å². The van der Waals surface area contributed by atoms with E-state index in [2.05, 4.69) is 11.4 Å². The molecule has 0 aliphatic carbocycles.